The van der Waals surface area contributed by atoms with Crippen LogP contribution in [-0.2, 0) is 12.8 Å². The third kappa shape index (κ3) is 4.32. The van der Waals surface area contributed by atoms with E-state index in [0.29, 0.717) is 29.7 Å². The first-order chi connectivity index (χ1) is 11.6. The lowest BCUT2D eigenvalue weighted by atomic mass is 10.0. The number of hydrogen-bond donors (Lipinski definition) is 1. The smallest absolute Gasteiger partial charge is 0.255 e. The molecule has 2 aromatic rings. The highest BCUT2D eigenvalue weighted by Gasteiger charge is 2.13. The van der Waals surface area contributed by atoms with Gasteiger partial charge in [-0.25, -0.2) is 4.98 Å². The van der Waals surface area contributed by atoms with Gasteiger partial charge in [0.25, 0.3) is 5.56 Å². The highest BCUT2D eigenvalue weighted by molar-refractivity contribution is 7.98. The molecule has 6 heteroatoms. The van der Waals surface area contributed by atoms with E-state index in [1.54, 1.807) is 7.11 Å². The van der Waals surface area contributed by atoms with Crippen molar-refractivity contribution in [3.63, 3.8) is 0 Å². The first-order valence-electron chi connectivity index (χ1n) is 8.08. The largest absolute Gasteiger partial charge is 0.493 e. The highest BCUT2D eigenvalue weighted by atomic mass is 32.2. The summed E-state index contributed by atoms with van der Waals surface area (Å²) in [6.07, 6.45) is 4.17. The number of H-pyrrole nitrogens is 1. The molecular formula is C18H24N2O3S. The van der Waals surface area contributed by atoms with Crippen molar-refractivity contribution in [1.82, 2.24) is 9.97 Å². The van der Waals surface area contributed by atoms with Gasteiger partial charge in [-0.2, -0.15) is 0 Å². The summed E-state index contributed by atoms with van der Waals surface area (Å²) in [5.41, 5.74) is 2.54. The first kappa shape index (κ1) is 18.4. The summed E-state index contributed by atoms with van der Waals surface area (Å²) in [5.74, 6) is 1.39. The number of nitrogens with one attached hydrogen (secondary N) is 1. The summed E-state index contributed by atoms with van der Waals surface area (Å²) < 4.78 is 10.9. The SMILES string of the molecule is CCCc1nc(SC)[nH]c(=O)c1Cc1ccc(OC)c(OCC)c1. The van der Waals surface area contributed by atoms with E-state index >= 15 is 0 Å². The number of ether oxygens (including phenoxy) is 2. The molecule has 0 aliphatic heterocycles. The fourth-order valence-electron chi connectivity index (χ4n) is 2.55. The van der Waals surface area contributed by atoms with Crippen LogP contribution >= 0.6 is 11.8 Å². The molecule has 0 saturated heterocycles. The fraction of sp³-hybridized carbons (Fsp3) is 0.444. The zero-order chi connectivity index (χ0) is 17.5. The Morgan fingerprint density at radius 2 is 2.04 bits per heavy atom. The third-order valence-electron chi connectivity index (χ3n) is 3.67. The van der Waals surface area contributed by atoms with Gasteiger partial charge in [-0.05, 0) is 37.3 Å². The van der Waals surface area contributed by atoms with Crippen molar-refractivity contribution in [2.24, 2.45) is 0 Å². The maximum atomic E-state index is 12.5. The van der Waals surface area contributed by atoms with Gasteiger partial charge < -0.3 is 14.5 Å². The minimum atomic E-state index is -0.0634. The van der Waals surface area contributed by atoms with E-state index in [2.05, 4.69) is 16.9 Å². The second-order valence-corrected chi connectivity index (χ2v) is 6.14. The van der Waals surface area contributed by atoms with Gasteiger partial charge in [-0.3, -0.25) is 4.79 Å². The number of nitrogens with zero attached hydrogens (tertiary/aromatic N) is 1. The topological polar surface area (TPSA) is 64.2 Å². The second kappa shape index (κ2) is 8.78. The third-order valence-corrected chi connectivity index (χ3v) is 4.25. The average molecular weight is 348 g/mol. The molecule has 0 aliphatic rings. The van der Waals surface area contributed by atoms with Gasteiger partial charge in [-0.1, -0.05) is 31.2 Å². The van der Waals surface area contributed by atoms with Crippen LogP contribution in [0.1, 0.15) is 37.1 Å². The lowest BCUT2D eigenvalue weighted by Gasteiger charge is -2.12. The molecule has 0 aliphatic carbocycles. The van der Waals surface area contributed by atoms with Gasteiger partial charge in [0.1, 0.15) is 0 Å². The standard InChI is InChI=1S/C18H24N2O3S/c1-5-7-14-13(17(21)20-18(19-14)24-4)10-12-8-9-15(22-3)16(11-12)23-6-2/h8-9,11H,5-7,10H2,1-4H3,(H,19,20,21). The number of methoxy groups -OCH3 is 1. The molecule has 0 saturated carbocycles. The molecule has 24 heavy (non-hydrogen) atoms. The quantitative estimate of drug-likeness (QED) is 0.585. The first-order valence-corrected chi connectivity index (χ1v) is 9.31. The summed E-state index contributed by atoms with van der Waals surface area (Å²) in [7, 11) is 1.62. The van der Waals surface area contributed by atoms with Crippen LogP contribution in [-0.4, -0.2) is 29.9 Å². The Morgan fingerprint density at radius 1 is 1.25 bits per heavy atom. The predicted molar refractivity (Wildman–Crippen MR) is 97.6 cm³/mol. The Bertz CT molecular complexity index is 744. The van der Waals surface area contributed by atoms with Crippen molar-refractivity contribution >= 4 is 11.8 Å². The number of aromatic nitrogens is 2. The van der Waals surface area contributed by atoms with Gasteiger partial charge in [0.15, 0.2) is 16.7 Å². The molecule has 0 unspecified atom stereocenters. The van der Waals surface area contributed by atoms with Crippen molar-refractivity contribution in [1.29, 1.82) is 0 Å². The summed E-state index contributed by atoms with van der Waals surface area (Å²) in [4.78, 5) is 19.9. The number of rotatable bonds is 8. The number of aromatic amines is 1. The monoisotopic (exact) mass is 348 g/mol. The highest BCUT2D eigenvalue weighted by Crippen LogP contribution is 2.29. The van der Waals surface area contributed by atoms with E-state index in [0.717, 1.165) is 29.7 Å². The summed E-state index contributed by atoms with van der Waals surface area (Å²) in [6, 6.07) is 5.76. The van der Waals surface area contributed by atoms with Gasteiger partial charge in [-0.15, -0.1) is 0 Å². The van der Waals surface area contributed by atoms with Gasteiger partial charge in [0, 0.05) is 12.0 Å². The Kier molecular flexibility index (Phi) is 6.73. The summed E-state index contributed by atoms with van der Waals surface area (Å²) in [6.45, 7) is 4.58. The van der Waals surface area contributed by atoms with E-state index < -0.39 is 0 Å². The molecule has 1 heterocycles. The molecule has 0 radical (unpaired) electrons. The van der Waals surface area contributed by atoms with Crippen LogP contribution < -0.4 is 15.0 Å². The van der Waals surface area contributed by atoms with E-state index in [1.807, 2.05) is 31.4 Å². The molecule has 5 nitrogen and oxygen atoms in total. The van der Waals surface area contributed by atoms with Crippen LogP contribution in [0.2, 0.25) is 0 Å². The van der Waals surface area contributed by atoms with Crippen LogP contribution in [0.25, 0.3) is 0 Å². The summed E-state index contributed by atoms with van der Waals surface area (Å²) >= 11 is 1.45. The molecular weight excluding hydrogens is 324 g/mol. The van der Waals surface area contributed by atoms with Gasteiger partial charge >= 0.3 is 0 Å². The zero-order valence-corrected chi connectivity index (χ0v) is 15.5. The van der Waals surface area contributed by atoms with Crippen LogP contribution in [0.15, 0.2) is 28.2 Å². The number of thioether (sulfide) groups is 1. The molecule has 0 spiro atoms. The second-order valence-electron chi connectivity index (χ2n) is 5.35. The minimum absolute atomic E-state index is 0.0634. The Labute approximate surface area is 146 Å². The lowest BCUT2D eigenvalue weighted by molar-refractivity contribution is 0.310. The van der Waals surface area contributed by atoms with Crippen molar-refractivity contribution in [2.45, 2.75) is 38.3 Å². The Balaban J connectivity index is 2.40. The van der Waals surface area contributed by atoms with E-state index in [1.165, 1.54) is 11.8 Å². The normalized spacial score (nSPS) is 10.7. The van der Waals surface area contributed by atoms with Crippen molar-refractivity contribution in [3.05, 3.63) is 45.4 Å². The molecule has 1 aromatic carbocycles. The number of benzene rings is 1. The number of hydrogen-bond acceptors (Lipinski definition) is 5. The molecule has 1 N–H and O–H groups in total. The molecule has 1 aromatic heterocycles. The minimum Gasteiger partial charge on any atom is -0.493 e. The maximum Gasteiger partial charge on any atom is 0.255 e. The van der Waals surface area contributed by atoms with Crippen LogP contribution in [0.5, 0.6) is 11.5 Å². The van der Waals surface area contributed by atoms with E-state index in [9.17, 15) is 4.79 Å². The molecule has 2 rings (SSSR count). The molecule has 0 atom stereocenters. The summed E-state index contributed by atoms with van der Waals surface area (Å²) in [5, 5.41) is 0.664. The zero-order valence-electron chi connectivity index (χ0n) is 14.6. The Hall–Kier alpha value is -1.95. The van der Waals surface area contributed by atoms with Crippen molar-refractivity contribution in [2.75, 3.05) is 20.0 Å². The molecule has 0 fully saturated rings. The Morgan fingerprint density at radius 3 is 2.67 bits per heavy atom. The fourth-order valence-corrected chi connectivity index (χ4v) is 2.94. The van der Waals surface area contributed by atoms with Crippen LogP contribution in [0, 0.1) is 0 Å². The van der Waals surface area contributed by atoms with Crippen molar-refractivity contribution in [3.8, 4) is 11.5 Å². The van der Waals surface area contributed by atoms with Crippen LogP contribution in [0.4, 0.5) is 0 Å². The molecule has 0 amide bonds. The predicted octanol–water partition coefficient (Wildman–Crippen LogP) is 3.44. The lowest BCUT2D eigenvalue weighted by Crippen LogP contribution is -2.19. The van der Waals surface area contributed by atoms with Gasteiger partial charge in [0.05, 0.1) is 19.4 Å². The van der Waals surface area contributed by atoms with E-state index in [-0.39, 0.29) is 5.56 Å². The van der Waals surface area contributed by atoms with Crippen molar-refractivity contribution < 1.29 is 9.47 Å². The average Bonchev–Trinajstić information content (AvgIpc) is 2.58. The maximum absolute atomic E-state index is 12.5. The molecule has 130 valence electrons. The molecule has 0 bridgehead atoms. The number of aryl methyl sites for hydroxylation is 1. The van der Waals surface area contributed by atoms with Crippen LogP contribution in [0.3, 0.4) is 0 Å². The van der Waals surface area contributed by atoms with Gasteiger partial charge in [0.2, 0.25) is 0 Å². The van der Waals surface area contributed by atoms with E-state index in [4.69, 9.17) is 9.47 Å².